The van der Waals surface area contributed by atoms with Crippen molar-refractivity contribution in [1.82, 2.24) is 9.13 Å². The molecule has 0 radical (unpaired) electrons. The lowest BCUT2D eigenvalue weighted by Gasteiger charge is -2.22. The van der Waals surface area contributed by atoms with Crippen LogP contribution in [0.5, 0.6) is 0 Å². The number of hydrogen-bond donors (Lipinski definition) is 0. The van der Waals surface area contributed by atoms with Crippen molar-refractivity contribution in [3.63, 3.8) is 0 Å². The van der Waals surface area contributed by atoms with Crippen molar-refractivity contribution in [2.75, 3.05) is 0 Å². The number of rotatable bonds is 7. The summed E-state index contributed by atoms with van der Waals surface area (Å²) in [7, 11) is 0. The number of nitriles is 1. The van der Waals surface area contributed by atoms with Gasteiger partial charge in [0.25, 0.3) is 0 Å². The largest absolute Gasteiger partial charge is 0.417 e. The Morgan fingerprint density at radius 3 is 1.02 bits per heavy atom. The van der Waals surface area contributed by atoms with Gasteiger partial charge < -0.3 is 9.13 Å². The quantitative estimate of drug-likeness (QED) is 0.146. The summed E-state index contributed by atoms with van der Waals surface area (Å²) in [6.45, 7) is 22.6. The minimum Gasteiger partial charge on any atom is -0.309 e. The highest BCUT2D eigenvalue weighted by Crippen LogP contribution is 2.48. The van der Waals surface area contributed by atoms with E-state index in [0.29, 0.717) is 22.1 Å². The SMILES string of the molecule is Cc1cc(C)c(-c2ccc3c4ccc(-c5c(C)cc(C)cc5C)cc4n(-c4cc(-c5ccc(C(F)(F)F)cc5C(F)(F)F)c(-n5c6cc(-c7c(C)cccc7C)ccc6c6ccc(-c7c(C)cc(C)cc7C)cc65)cc4C#N)c3c2)c(C)c1. The van der Waals surface area contributed by atoms with E-state index in [1.54, 1.807) is 12.1 Å². The van der Waals surface area contributed by atoms with Gasteiger partial charge >= 0.3 is 12.4 Å². The van der Waals surface area contributed by atoms with Crippen LogP contribution in [0.2, 0.25) is 0 Å². The summed E-state index contributed by atoms with van der Waals surface area (Å²) in [6.07, 6.45) is -10.3. The van der Waals surface area contributed by atoms with Crippen LogP contribution in [0.25, 0.3) is 111 Å². The van der Waals surface area contributed by atoms with Crippen molar-refractivity contribution in [2.24, 2.45) is 0 Å². The minimum atomic E-state index is -5.25. The Hall–Kier alpha value is -9.13. The van der Waals surface area contributed by atoms with E-state index in [1.807, 2.05) is 72.4 Å². The molecule has 0 aliphatic carbocycles. The Morgan fingerprint density at radius 1 is 0.337 bits per heavy atom. The summed E-state index contributed by atoms with van der Waals surface area (Å²) in [5.74, 6) is 0. The summed E-state index contributed by atoms with van der Waals surface area (Å²) in [5, 5.41) is 15.1. The molecule has 0 fully saturated rings. The van der Waals surface area contributed by atoms with Gasteiger partial charge in [-0.15, -0.1) is 0 Å². The highest BCUT2D eigenvalue weighted by atomic mass is 19.4. The number of alkyl halides is 6. The van der Waals surface area contributed by atoms with E-state index >= 15 is 13.2 Å². The highest BCUT2D eigenvalue weighted by molar-refractivity contribution is 6.14. The maximum atomic E-state index is 16.0. The van der Waals surface area contributed by atoms with E-state index in [2.05, 4.69) is 146 Å². The van der Waals surface area contributed by atoms with Crippen molar-refractivity contribution in [1.29, 1.82) is 5.26 Å². The van der Waals surface area contributed by atoms with Gasteiger partial charge in [0.2, 0.25) is 0 Å². The predicted octanol–water partition coefficient (Wildman–Crippen LogP) is 21.5. The maximum Gasteiger partial charge on any atom is 0.417 e. The zero-order valence-corrected chi connectivity index (χ0v) is 48.1. The number of benzene rings is 10. The second-order valence-corrected chi connectivity index (χ2v) is 22.9. The molecule has 0 saturated heterocycles. The number of halogens is 6. The lowest BCUT2D eigenvalue weighted by Crippen LogP contribution is -2.13. The first-order chi connectivity index (χ1) is 39.4. The van der Waals surface area contributed by atoms with Gasteiger partial charge in [-0.25, -0.2) is 0 Å². The van der Waals surface area contributed by atoms with E-state index in [-0.39, 0.29) is 28.6 Å². The predicted molar refractivity (Wildman–Crippen MR) is 329 cm³/mol. The Labute approximate surface area is 479 Å². The van der Waals surface area contributed by atoms with Crippen molar-refractivity contribution < 1.29 is 26.3 Å². The average Bonchev–Trinajstić information content (AvgIpc) is 2.48. The van der Waals surface area contributed by atoms with E-state index in [4.69, 9.17) is 0 Å². The molecule has 9 heteroatoms. The molecule has 83 heavy (non-hydrogen) atoms. The third kappa shape index (κ3) is 9.16. The summed E-state index contributed by atoms with van der Waals surface area (Å²) >= 11 is 0. The van der Waals surface area contributed by atoms with Gasteiger partial charge in [0.15, 0.2) is 0 Å². The van der Waals surface area contributed by atoms with Gasteiger partial charge in [-0.1, -0.05) is 126 Å². The van der Waals surface area contributed by atoms with Crippen LogP contribution < -0.4 is 0 Å². The van der Waals surface area contributed by atoms with Crippen LogP contribution in [0.4, 0.5) is 26.3 Å². The molecule has 10 aromatic carbocycles. The van der Waals surface area contributed by atoms with E-state index in [9.17, 15) is 18.4 Å². The van der Waals surface area contributed by atoms with Crippen LogP contribution in [0.3, 0.4) is 0 Å². The zero-order valence-electron chi connectivity index (χ0n) is 48.1. The molecule has 0 amide bonds. The second-order valence-electron chi connectivity index (χ2n) is 22.9. The zero-order chi connectivity index (χ0) is 58.9. The summed E-state index contributed by atoms with van der Waals surface area (Å²) in [5.41, 5.74) is 19.1. The third-order valence-corrected chi connectivity index (χ3v) is 16.9. The molecule has 12 aromatic rings. The molecule has 2 aromatic heterocycles. The van der Waals surface area contributed by atoms with Gasteiger partial charge in [-0.3, -0.25) is 0 Å². The monoisotopic (exact) mass is 1100 g/mol. The van der Waals surface area contributed by atoms with Crippen molar-refractivity contribution in [3.05, 3.63) is 236 Å². The van der Waals surface area contributed by atoms with Crippen LogP contribution >= 0.6 is 0 Å². The molecule has 0 saturated carbocycles. The molecular weight excluding hydrogens is 1040 g/mol. The number of nitrogens with zero attached hydrogens (tertiary/aromatic N) is 3. The highest BCUT2D eigenvalue weighted by Gasteiger charge is 2.39. The molecule has 0 aliphatic rings. The third-order valence-electron chi connectivity index (χ3n) is 16.9. The maximum absolute atomic E-state index is 16.0. The van der Waals surface area contributed by atoms with Crippen molar-refractivity contribution in [2.45, 2.75) is 88.5 Å². The Kier molecular flexibility index (Phi) is 13.0. The standard InChI is InChI=1S/C74H59F6N3/c1-39-25-44(6)70(45(7)26-39)51-16-21-57-58-22-17-52(71-46(8)27-40(2)28-47(71)9)33-65(58)82(64(57)32-51)63-37-61(56-24-19-55(73(75,76)77)36-62(56)74(78,79)80)68(35-54(63)38-81)83-66-31-50(69-42(4)13-12-14-43(69)5)15-20-59(66)60-23-18-53(34-67(60)83)72-48(10)29-41(3)30-49(72)11/h12-37H,1-11H3. The molecule has 0 atom stereocenters. The van der Waals surface area contributed by atoms with Gasteiger partial charge in [0.1, 0.15) is 6.07 Å². The second kappa shape index (κ2) is 19.8. The number of fused-ring (bicyclic) bond motifs is 6. The molecule has 0 N–H and O–H groups in total. The van der Waals surface area contributed by atoms with Crippen molar-refractivity contribution in [3.8, 4) is 73.1 Å². The molecular formula is C74H59F6N3. The molecule has 0 spiro atoms. The first-order valence-corrected chi connectivity index (χ1v) is 27.8. The van der Waals surface area contributed by atoms with E-state index in [0.717, 1.165) is 139 Å². The first kappa shape index (κ1) is 54.5. The summed E-state index contributed by atoms with van der Waals surface area (Å²) < 4.78 is 96.1. The fraction of sp³-hybridized carbons (Fsp3) is 0.176. The topological polar surface area (TPSA) is 33.6 Å². The fourth-order valence-electron chi connectivity index (χ4n) is 13.8. The van der Waals surface area contributed by atoms with Crippen LogP contribution in [0.1, 0.15) is 77.9 Å². The molecule has 3 nitrogen and oxygen atoms in total. The van der Waals surface area contributed by atoms with Gasteiger partial charge in [0, 0.05) is 27.1 Å². The smallest absolute Gasteiger partial charge is 0.309 e. The normalized spacial score (nSPS) is 12.1. The van der Waals surface area contributed by atoms with E-state index in [1.165, 1.54) is 0 Å². The van der Waals surface area contributed by atoms with Gasteiger partial charge in [-0.05, 0) is 219 Å². The fourth-order valence-corrected chi connectivity index (χ4v) is 13.8. The lowest BCUT2D eigenvalue weighted by atomic mass is 9.92. The number of aryl methyl sites for hydroxylation is 11. The van der Waals surface area contributed by atoms with Crippen LogP contribution in [-0.4, -0.2) is 9.13 Å². The van der Waals surface area contributed by atoms with Crippen LogP contribution in [-0.2, 0) is 12.4 Å². The van der Waals surface area contributed by atoms with Crippen molar-refractivity contribution >= 4 is 43.6 Å². The Bertz CT molecular complexity index is 4580. The number of aromatic nitrogens is 2. The Morgan fingerprint density at radius 2 is 0.687 bits per heavy atom. The van der Waals surface area contributed by atoms with Crippen LogP contribution in [0.15, 0.2) is 158 Å². The average molecular weight is 1100 g/mol. The Balaban J connectivity index is 1.27. The van der Waals surface area contributed by atoms with E-state index < -0.39 is 29.0 Å². The lowest BCUT2D eigenvalue weighted by molar-refractivity contribution is -0.142. The molecule has 0 unspecified atom stereocenters. The van der Waals surface area contributed by atoms with Gasteiger partial charge in [-0.2, -0.15) is 31.6 Å². The molecule has 0 bridgehead atoms. The first-order valence-electron chi connectivity index (χ1n) is 27.8. The molecule has 12 rings (SSSR count). The molecule has 2 heterocycles. The molecule has 412 valence electrons. The minimum absolute atomic E-state index is 0.0258. The van der Waals surface area contributed by atoms with Crippen LogP contribution in [0, 0.1) is 87.5 Å². The number of hydrogen-bond acceptors (Lipinski definition) is 1. The van der Waals surface area contributed by atoms with Gasteiger partial charge in [0.05, 0.1) is 50.1 Å². The summed E-state index contributed by atoms with van der Waals surface area (Å²) in [6, 6.07) is 51.1. The summed E-state index contributed by atoms with van der Waals surface area (Å²) in [4.78, 5) is 0. The molecule has 0 aliphatic heterocycles.